The van der Waals surface area contributed by atoms with Crippen LogP contribution in [0.15, 0.2) is 18.3 Å². The summed E-state index contributed by atoms with van der Waals surface area (Å²) in [7, 11) is 0. The van der Waals surface area contributed by atoms with Gasteiger partial charge in [0.15, 0.2) is 0 Å². The van der Waals surface area contributed by atoms with Gasteiger partial charge in [-0.25, -0.2) is 0 Å². The van der Waals surface area contributed by atoms with Crippen LogP contribution in [-0.2, 0) is 6.18 Å². The molecule has 17 heavy (non-hydrogen) atoms. The zero-order valence-corrected chi connectivity index (χ0v) is 8.31. The van der Waals surface area contributed by atoms with E-state index in [-0.39, 0.29) is 5.56 Å². The SMILES string of the molecule is NCC(c1ccc(C(F)(F)F)nc1)C(F)(F)F. The molecule has 0 bridgehead atoms. The molecule has 1 heterocycles. The van der Waals surface area contributed by atoms with Crippen LogP contribution in [-0.4, -0.2) is 17.7 Å². The fraction of sp³-hybridized carbons (Fsp3) is 0.444. The van der Waals surface area contributed by atoms with Crippen molar-refractivity contribution in [2.24, 2.45) is 5.73 Å². The average Bonchev–Trinajstić information content (AvgIpc) is 2.16. The lowest BCUT2D eigenvalue weighted by atomic mass is 10.0. The van der Waals surface area contributed by atoms with Gasteiger partial charge in [0.1, 0.15) is 5.69 Å². The Hall–Kier alpha value is -1.31. The number of aromatic nitrogens is 1. The molecule has 1 aromatic heterocycles. The van der Waals surface area contributed by atoms with Crippen molar-refractivity contribution in [1.82, 2.24) is 4.98 Å². The van der Waals surface area contributed by atoms with Gasteiger partial charge in [0, 0.05) is 12.7 Å². The molecule has 0 saturated carbocycles. The van der Waals surface area contributed by atoms with Crippen molar-refractivity contribution >= 4 is 0 Å². The van der Waals surface area contributed by atoms with E-state index in [0.29, 0.717) is 12.3 Å². The molecule has 1 aromatic rings. The van der Waals surface area contributed by atoms with Gasteiger partial charge in [-0.15, -0.1) is 0 Å². The highest BCUT2D eigenvalue weighted by Crippen LogP contribution is 2.34. The smallest absolute Gasteiger partial charge is 0.330 e. The first-order valence-electron chi connectivity index (χ1n) is 4.46. The molecule has 0 aromatic carbocycles. The molecule has 0 fully saturated rings. The predicted octanol–water partition coefficient (Wildman–Crippen LogP) is 2.71. The molecule has 0 radical (unpaired) electrons. The third-order valence-electron chi connectivity index (χ3n) is 2.11. The van der Waals surface area contributed by atoms with Gasteiger partial charge in [-0.3, -0.25) is 4.98 Å². The number of hydrogen-bond donors (Lipinski definition) is 1. The highest BCUT2D eigenvalue weighted by molar-refractivity contribution is 5.21. The van der Waals surface area contributed by atoms with Crippen molar-refractivity contribution < 1.29 is 26.3 Å². The molecule has 1 atom stereocenters. The first kappa shape index (κ1) is 13.8. The van der Waals surface area contributed by atoms with E-state index in [0.717, 1.165) is 6.07 Å². The van der Waals surface area contributed by atoms with Gasteiger partial charge in [0.2, 0.25) is 0 Å². The molecule has 8 heteroatoms. The minimum Gasteiger partial charge on any atom is -0.330 e. The average molecular weight is 258 g/mol. The van der Waals surface area contributed by atoms with E-state index in [1.165, 1.54) is 0 Å². The van der Waals surface area contributed by atoms with Gasteiger partial charge in [0.05, 0.1) is 5.92 Å². The maximum atomic E-state index is 12.4. The van der Waals surface area contributed by atoms with Gasteiger partial charge in [-0.05, 0) is 11.6 Å². The summed E-state index contributed by atoms with van der Waals surface area (Å²) in [6.07, 6.45) is -8.72. The van der Waals surface area contributed by atoms with Crippen LogP contribution in [0, 0.1) is 0 Å². The highest BCUT2D eigenvalue weighted by Gasteiger charge is 2.40. The molecule has 2 N–H and O–H groups in total. The van der Waals surface area contributed by atoms with Crippen LogP contribution in [0.25, 0.3) is 0 Å². The molecule has 0 aliphatic heterocycles. The number of halogens is 6. The number of nitrogens with zero attached hydrogens (tertiary/aromatic N) is 1. The summed E-state index contributed by atoms with van der Waals surface area (Å²) >= 11 is 0. The summed E-state index contributed by atoms with van der Waals surface area (Å²) in [5.41, 5.74) is 3.33. The Morgan fingerprint density at radius 3 is 2.00 bits per heavy atom. The zero-order chi connectivity index (χ0) is 13.3. The molecule has 0 saturated heterocycles. The van der Waals surface area contributed by atoms with Crippen LogP contribution >= 0.6 is 0 Å². The van der Waals surface area contributed by atoms with Crippen LogP contribution in [0.1, 0.15) is 17.2 Å². The standard InChI is InChI=1S/C9H8F6N2/c10-8(11,12)6(3-16)5-1-2-7(17-4-5)9(13,14)15/h1-2,4,6H,3,16H2. The van der Waals surface area contributed by atoms with Crippen LogP contribution in [0.4, 0.5) is 26.3 Å². The fourth-order valence-corrected chi connectivity index (χ4v) is 1.24. The van der Waals surface area contributed by atoms with E-state index in [1.54, 1.807) is 0 Å². The molecular formula is C9H8F6N2. The second-order valence-electron chi connectivity index (χ2n) is 3.30. The van der Waals surface area contributed by atoms with E-state index in [4.69, 9.17) is 5.73 Å². The topological polar surface area (TPSA) is 38.9 Å². The van der Waals surface area contributed by atoms with Crippen molar-refractivity contribution in [3.05, 3.63) is 29.6 Å². The first-order valence-corrected chi connectivity index (χ1v) is 4.46. The third-order valence-corrected chi connectivity index (χ3v) is 2.11. The second-order valence-corrected chi connectivity index (χ2v) is 3.30. The number of nitrogens with two attached hydrogens (primary N) is 1. The molecular weight excluding hydrogens is 250 g/mol. The Balaban J connectivity index is 3.02. The van der Waals surface area contributed by atoms with Crippen molar-refractivity contribution in [2.75, 3.05) is 6.54 Å². The number of alkyl halides is 6. The minimum atomic E-state index is -4.67. The molecule has 96 valence electrons. The number of hydrogen-bond acceptors (Lipinski definition) is 2. The quantitative estimate of drug-likeness (QED) is 0.828. The Labute approximate surface area is 92.4 Å². The van der Waals surface area contributed by atoms with Gasteiger partial charge in [-0.1, -0.05) is 6.07 Å². The lowest BCUT2D eigenvalue weighted by molar-refractivity contribution is -0.148. The molecule has 2 nitrogen and oxygen atoms in total. The van der Waals surface area contributed by atoms with E-state index >= 15 is 0 Å². The van der Waals surface area contributed by atoms with Gasteiger partial charge in [-0.2, -0.15) is 26.3 Å². The molecule has 0 spiro atoms. The monoisotopic (exact) mass is 258 g/mol. The molecule has 0 aliphatic rings. The van der Waals surface area contributed by atoms with Crippen LogP contribution < -0.4 is 5.73 Å². The maximum Gasteiger partial charge on any atom is 0.433 e. The minimum absolute atomic E-state index is 0.381. The summed E-state index contributed by atoms with van der Waals surface area (Å²) in [4.78, 5) is 2.95. The second kappa shape index (κ2) is 4.52. The number of pyridine rings is 1. The normalized spacial score (nSPS) is 14.8. The predicted molar refractivity (Wildman–Crippen MR) is 47.1 cm³/mol. The Kier molecular flexibility index (Phi) is 3.65. The van der Waals surface area contributed by atoms with E-state index < -0.39 is 30.5 Å². The zero-order valence-electron chi connectivity index (χ0n) is 8.31. The van der Waals surface area contributed by atoms with Gasteiger partial charge >= 0.3 is 12.4 Å². The van der Waals surface area contributed by atoms with Gasteiger partial charge in [0.25, 0.3) is 0 Å². The fourth-order valence-electron chi connectivity index (χ4n) is 1.24. The lowest BCUT2D eigenvalue weighted by Gasteiger charge is -2.18. The molecule has 0 amide bonds. The summed E-state index contributed by atoms with van der Waals surface area (Å²) in [5.74, 6) is -2.00. The van der Waals surface area contributed by atoms with Crippen molar-refractivity contribution in [2.45, 2.75) is 18.3 Å². The van der Waals surface area contributed by atoms with Crippen molar-refractivity contribution in [1.29, 1.82) is 0 Å². The summed E-state index contributed by atoms with van der Waals surface area (Å²) in [6, 6.07) is 1.24. The van der Waals surface area contributed by atoms with Crippen LogP contribution in [0.5, 0.6) is 0 Å². The van der Waals surface area contributed by atoms with Crippen molar-refractivity contribution in [3.63, 3.8) is 0 Å². The first-order chi connectivity index (χ1) is 7.66. The van der Waals surface area contributed by atoms with Crippen LogP contribution in [0.2, 0.25) is 0 Å². The molecule has 1 rings (SSSR count). The highest BCUT2D eigenvalue weighted by atomic mass is 19.4. The third kappa shape index (κ3) is 3.32. The van der Waals surface area contributed by atoms with E-state index in [9.17, 15) is 26.3 Å². The van der Waals surface area contributed by atoms with Gasteiger partial charge < -0.3 is 5.73 Å². The summed E-state index contributed by atoms with van der Waals surface area (Å²) in [5, 5.41) is 0. The van der Waals surface area contributed by atoms with Crippen LogP contribution in [0.3, 0.4) is 0 Å². The summed E-state index contributed by atoms with van der Waals surface area (Å²) < 4.78 is 73.6. The Morgan fingerprint density at radius 1 is 1.12 bits per heavy atom. The largest absolute Gasteiger partial charge is 0.433 e. The molecule has 0 aliphatic carbocycles. The number of rotatable bonds is 2. The lowest BCUT2D eigenvalue weighted by Crippen LogP contribution is -2.28. The van der Waals surface area contributed by atoms with E-state index in [1.807, 2.05) is 0 Å². The van der Waals surface area contributed by atoms with Crippen molar-refractivity contribution in [3.8, 4) is 0 Å². The Bertz CT molecular complexity index is 367. The molecule has 1 unspecified atom stereocenters. The Morgan fingerprint density at radius 2 is 1.71 bits per heavy atom. The summed E-state index contributed by atoms with van der Waals surface area (Å²) in [6.45, 7) is -0.740. The maximum absolute atomic E-state index is 12.4. The van der Waals surface area contributed by atoms with E-state index in [2.05, 4.69) is 4.98 Å².